The van der Waals surface area contributed by atoms with E-state index in [0.29, 0.717) is 6.54 Å². The highest BCUT2D eigenvalue weighted by atomic mass is 19.1. The molecule has 7 heteroatoms. The van der Waals surface area contributed by atoms with Crippen LogP contribution in [0.1, 0.15) is 11.3 Å². The second-order valence-corrected chi connectivity index (χ2v) is 6.17. The average Bonchev–Trinajstić information content (AvgIpc) is 3.27. The molecule has 5 rings (SSSR count). The van der Waals surface area contributed by atoms with Gasteiger partial charge in [-0.2, -0.15) is 10.2 Å². The number of rotatable bonds is 2. The number of hydrogen-bond donors (Lipinski definition) is 2. The molecule has 6 nitrogen and oxygen atoms in total. The van der Waals surface area contributed by atoms with E-state index in [2.05, 4.69) is 30.3 Å². The van der Waals surface area contributed by atoms with Gasteiger partial charge >= 0.3 is 0 Å². The van der Waals surface area contributed by atoms with Gasteiger partial charge in [-0.3, -0.25) is 10.2 Å². The van der Waals surface area contributed by atoms with Gasteiger partial charge in [0.05, 0.1) is 23.0 Å². The molecule has 25 heavy (non-hydrogen) atoms. The maximum atomic E-state index is 13.6. The Morgan fingerprint density at radius 2 is 2.12 bits per heavy atom. The van der Waals surface area contributed by atoms with E-state index in [1.54, 1.807) is 18.5 Å². The van der Waals surface area contributed by atoms with Crippen LogP contribution in [0, 0.1) is 5.82 Å². The van der Waals surface area contributed by atoms with Gasteiger partial charge in [0.1, 0.15) is 5.82 Å². The highest BCUT2D eigenvalue weighted by Crippen LogP contribution is 2.33. The van der Waals surface area contributed by atoms with E-state index in [1.807, 2.05) is 12.1 Å². The SMILES string of the molecule is Fc1cccc(-c2n[nH]c3c2CN(c2ccnc4[nH]ncc24)CC3)c1. The fourth-order valence-corrected chi connectivity index (χ4v) is 3.49. The van der Waals surface area contributed by atoms with Gasteiger partial charge in [0.25, 0.3) is 0 Å². The van der Waals surface area contributed by atoms with Crippen LogP contribution < -0.4 is 4.90 Å². The first-order valence-corrected chi connectivity index (χ1v) is 8.15. The number of benzene rings is 1. The standard InChI is InChI=1S/C18H15FN6/c19-12-3-1-2-11(8-12)17-14-10-25(7-5-15(14)22-23-17)16-4-6-20-18-13(16)9-21-24-18/h1-4,6,8-9H,5,7,10H2,(H,22,23)(H,20,21,24). The Balaban J connectivity index is 1.56. The van der Waals surface area contributed by atoms with E-state index >= 15 is 0 Å². The molecule has 0 unspecified atom stereocenters. The summed E-state index contributed by atoms with van der Waals surface area (Å²) in [6.45, 7) is 1.59. The summed E-state index contributed by atoms with van der Waals surface area (Å²) in [5, 5.41) is 15.6. The predicted octanol–water partition coefficient (Wildman–Crippen LogP) is 3.05. The van der Waals surface area contributed by atoms with Crippen LogP contribution in [0.25, 0.3) is 22.3 Å². The summed E-state index contributed by atoms with van der Waals surface area (Å²) in [6.07, 6.45) is 4.45. The lowest BCUT2D eigenvalue weighted by Gasteiger charge is -2.29. The molecule has 0 saturated carbocycles. The third-order valence-electron chi connectivity index (χ3n) is 4.70. The Morgan fingerprint density at radius 3 is 3.04 bits per heavy atom. The lowest BCUT2D eigenvalue weighted by atomic mass is 10.0. The van der Waals surface area contributed by atoms with Crippen molar-refractivity contribution in [3.05, 3.63) is 59.8 Å². The number of hydrogen-bond acceptors (Lipinski definition) is 4. The van der Waals surface area contributed by atoms with Crippen LogP contribution in [0.5, 0.6) is 0 Å². The molecular weight excluding hydrogens is 319 g/mol. The number of anilines is 1. The molecule has 0 fully saturated rings. The highest BCUT2D eigenvalue weighted by Gasteiger charge is 2.24. The number of halogens is 1. The molecule has 3 aromatic heterocycles. The van der Waals surface area contributed by atoms with Gasteiger partial charge in [-0.05, 0) is 18.2 Å². The quantitative estimate of drug-likeness (QED) is 0.591. The number of nitrogens with one attached hydrogen (secondary N) is 2. The van der Waals surface area contributed by atoms with E-state index in [4.69, 9.17) is 0 Å². The molecule has 0 amide bonds. The zero-order valence-electron chi connectivity index (χ0n) is 13.3. The Hall–Kier alpha value is -3.22. The molecule has 0 bridgehead atoms. The summed E-state index contributed by atoms with van der Waals surface area (Å²) >= 11 is 0. The number of aromatic amines is 2. The van der Waals surface area contributed by atoms with E-state index in [9.17, 15) is 4.39 Å². The minimum absolute atomic E-state index is 0.254. The molecule has 0 atom stereocenters. The van der Waals surface area contributed by atoms with Crippen molar-refractivity contribution >= 4 is 16.7 Å². The van der Waals surface area contributed by atoms with Crippen LogP contribution in [-0.4, -0.2) is 31.9 Å². The summed E-state index contributed by atoms with van der Waals surface area (Å²) in [7, 11) is 0. The minimum atomic E-state index is -0.254. The van der Waals surface area contributed by atoms with Crippen molar-refractivity contribution in [3.8, 4) is 11.3 Å². The highest BCUT2D eigenvalue weighted by molar-refractivity contribution is 5.89. The summed E-state index contributed by atoms with van der Waals surface area (Å²) in [4.78, 5) is 6.59. The Bertz CT molecular complexity index is 1070. The number of H-pyrrole nitrogens is 2. The summed E-state index contributed by atoms with van der Waals surface area (Å²) in [5.74, 6) is -0.254. The van der Waals surface area contributed by atoms with Crippen LogP contribution in [0.3, 0.4) is 0 Å². The maximum absolute atomic E-state index is 13.6. The molecular formula is C18H15FN6. The van der Waals surface area contributed by atoms with Crippen LogP contribution in [0.2, 0.25) is 0 Å². The lowest BCUT2D eigenvalue weighted by molar-refractivity contribution is 0.628. The van der Waals surface area contributed by atoms with Crippen molar-refractivity contribution in [2.75, 3.05) is 11.4 Å². The zero-order chi connectivity index (χ0) is 16.8. The largest absolute Gasteiger partial charge is 0.366 e. The van der Waals surface area contributed by atoms with Gasteiger partial charge in [-0.15, -0.1) is 0 Å². The first-order chi connectivity index (χ1) is 12.3. The first-order valence-electron chi connectivity index (χ1n) is 8.15. The second kappa shape index (κ2) is 5.41. The van der Waals surface area contributed by atoms with Crippen LogP contribution >= 0.6 is 0 Å². The molecule has 4 aromatic rings. The number of fused-ring (bicyclic) bond motifs is 2. The lowest BCUT2D eigenvalue weighted by Crippen LogP contribution is -2.30. The van der Waals surface area contributed by atoms with Gasteiger partial charge in [0, 0.05) is 42.5 Å². The molecule has 0 aliphatic carbocycles. The van der Waals surface area contributed by atoms with E-state index in [-0.39, 0.29) is 5.82 Å². The number of aromatic nitrogens is 5. The first kappa shape index (κ1) is 14.2. The predicted molar refractivity (Wildman–Crippen MR) is 92.6 cm³/mol. The summed E-state index contributed by atoms with van der Waals surface area (Å²) < 4.78 is 13.6. The third-order valence-corrected chi connectivity index (χ3v) is 4.70. The smallest absolute Gasteiger partial charge is 0.157 e. The molecule has 1 aliphatic heterocycles. The van der Waals surface area contributed by atoms with Gasteiger partial charge in [0.15, 0.2) is 5.65 Å². The van der Waals surface area contributed by atoms with Crippen LogP contribution in [0.4, 0.5) is 10.1 Å². The average molecular weight is 334 g/mol. The summed E-state index contributed by atoms with van der Waals surface area (Å²) in [6, 6.07) is 8.58. The van der Waals surface area contributed by atoms with E-state index < -0.39 is 0 Å². The second-order valence-electron chi connectivity index (χ2n) is 6.17. The zero-order valence-corrected chi connectivity index (χ0v) is 13.3. The molecule has 0 spiro atoms. The fourth-order valence-electron chi connectivity index (χ4n) is 3.49. The Kier molecular flexibility index (Phi) is 3.06. The Morgan fingerprint density at radius 1 is 1.16 bits per heavy atom. The van der Waals surface area contributed by atoms with E-state index in [0.717, 1.165) is 52.2 Å². The van der Waals surface area contributed by atoms with Gasteiger partial charge < -0.3 is 4.90 Å². The third kappa shape index (κ3) is 2.27. The number of pyridine rings is 1. The number of nitrogens with zero attached hydrogens (tertiary/aromatic N) is 4. The van der Waals surface area contributed by atoms with E-state index in [1.165, 1.54) is 12.1 Å². The van der Waals surface area contributed by atoms with Crippen molar-refractivity contribution in [2.24, 2.45) is 0 Å². The molecule has 4 heterocycles. The molecule has 0 radical (unpaired) electrons. The van der Waals surface area contributed by atoms with Crippen molar-refractivity contribution < 1.29 is 4.39 Å². The van der Waals surface area contributed by atoms with Gasteiger partial charge in [-0.1, -0.05) is 12.1 Å². The molecule has 0 saturated heterocycles. The van der Waals surface area contributed by atoms with Crippen LogP contribution in [0.15, 0.2) is 42.7 Å². The van der Waals surface area contributed by atoms with Crippen molar-refractivity contribution in [1.82, 2.24) is 25.4 Å². The molecule has 124 valence electrons. The van der Waals surface area contributed by atoms with Gasteiger partial charge in [0.2, 0.25) is 0 Å². The maximum Gasteiger partial charge on any atom is 0.157 e. The van der Waals surface area contributed by atoms with Crippen LogP contribution in [-0.2, 0) is 13.0 Å². The minimum Gasteiger partial charge on any atom is -0.366 e. The summed E-state index contributed by atoms with van der Waals surface area (Å²) in [5.41, 5.74) is 5.72. The monoisotopic (exact) mass is 334 g/mol. The topological polar surface area (TPSA) is 73.5 Å². The fraction of sp³-hybridized carbons (Fsp3) is 0.167. The van der Waals surface area contributed by atoms with Crippen molar-refractivity contribution in [2.45, 2.75) is 13.0 Å². The molecule has 1 aliphatic rings. The molecule has 2 N–H and O–H groups in total. The normalized spacial score (nSPS) is 14.0. The van der Waals surface area contributed by atoms with Gasteiger partial charge in [-0.25, -0.2) is 9.37 Å². The van der Waals surface area contributed by atoms with Crippen molar-refractivity contribution in [3.63, 3.8) is 0 Å². The molecule has 1 aromatic carbocycles. The Labute approximate surface area is 142 Å². The van der Waals surface area contributed by atoms with Crippen molar-refractivity contribution in [1.29, 1.82) is 0 Å².